The topological polar surface area (TPSA) is 104 Å². The smallest absolute Gasteiger partial charge is 0.335 e. The number of carboxylic acids is 2. The van der Waals surface area contributed by atoms with Crippen molar-refractivity contribution in [3.63, 3.8) is 0 Å². The van der Waals surface area contributed by atoms with Gasteiger partial charge < -0.3 is 14.9 Å². The van der Waals surface area contributed by atoms with Crippen LogP contribution in [0.15, 0.2) is 54.6 Å². The van der Waals surface area contributed by atoms with Gasteiger partial charge in [0.1, 0.15) is 12.3 Å². The van der Waals surface area contributed by atoms with Crippen molar-refractivity contribution in [3.8, 4) is 5.75 Å². The van der Waals surface area contributed by atoms with E-state index in [0.29, 0.717) is 21.5 Å². The summed E-state index contributed by atoms with van der Waals surface area (Å²) in [5.41, 5.74) is 0.316. The SMILES string of the molecule is O=C(O)CN(C(=O)COc1cc(C(=O)O)cc2cc(Cl)cc(Cl)c12)c1ccccc1. The number of aromatic carboxylic acids is 1. The van der Waals surface area contributed by atoms with Crippen LogP contribution in [0.4, 0.5) is 5.69 Å². The lowest BCUT2D eigenvalue weighted by atomic mass is 10.1. The van der Waals surface area contributed by atoms with Crippen LogP contribution in [0.5, 0.6) is 5.75 Å². The summed E-state index contributed by atoms with van der Waals surface area (Å²) in [6, 6.07) is 13.9. The van der Waals surface area contributed by atoms with E-state index < -0.39 is 31.0 Å². The van der Waals surface area contributed by atoms with Gasteiger partial charge in [-0.1, -0.05) is 41.4 Å². The molecule has 7 nitrogen and oxygen atoms in total. The number of ether oxygens (including phenoxy) is 1. The van der Waals surface area contributed by atoms with Crippen molar-refractivity contribution in [2.75, 3.05) is 18.1 Å². The maximum absolute atomic E-state index is 12.7. The normalized spacial score (nSPS) is 10.6. The van der Waals surface area contributed by atoms with Gasteiger partial charge in [0.15, 0.2) is 6.61 Å². The van der Waals surface area contributed by atoms with Crippen LogP contribution >= 0.6 is 23.2 Å². The number of carboxylic acid groups (broad SMARTS) is 2. The Labute approximate surface area is 181 Å². The molecule has 3 aromatic carbocycles. The van der Waals surface area contributed by atoms with Gasteiger partial charge in [0.2, 0.25) is 0 Å². The predicted octanol–water partition coefficient (Wildman–Crippen LogP) is 4.34. The number of anilines is 1. The number of para-hydroxylation sites is 1. The van der Waals surface area contributed by atoms with Crippen molar-refractivity contribution in [1.82, 2.24) is 0 Å². The van der Waals surface area contributed by atoms with Gasteiger partial charge in [-0.25, -0.2) is 4.79 Å². The third kappa shape index (κ3) is 4.82. The lowest BCUT2D eigenvalue weighted by molar-refractivity contribution is -0.136. The largest absolute Gasteiger partial charge is 0.483 e. The summed E-state index contributed by atoms with van der Waals surface area (Å²) in [5, 5.41) is 19.9. The molecule has 9 heteroatoms. The Morgan fingerprint density at radius 2 is 1.67 bits per heavy atom. The molecule has 0 saturated heterocycles. The van der Waals surface area contributed by atoms with Crippen LogP contribution in [0.3, 0.4) is 0 Å². The number of halogens is 2. The van der Waals surface area contributed by atoms with Crippen LogP contribution in [0.2, 0.25) is 10.0 Å². The predicted molar refractivity (Wildman–Crippen MR) is 113 cm³/mol. The molecule has 3 aromatic rings. The standard InChI is InChI=1S/C21H15Cl2NO6/c22-14-7-12-6-13(21(28)29)8-17(20(12)16(23)9-14)30-11-18(25)24(10-19(26)27)15-4-2-1-3-5-15/h1-9H,10-11H2,(H,26,27)(H,28,29). The molecular formula is C21H15Cl2NO6. The van der Waals surface area contributed by atoms with Crippen LogP contribution in [0.1, 0.15) is 10.4 Å². The Bertz CT molecular complexity index is 1130. The van der Waals surface area contributed by atoms with Gasteiger partial charge in [0, 0.05) is 16.1 Å². The number of hydrogen-bond donors (Lipinski definition) is 2. The zero-order valence-electron chi connectivity index (χ0n) is 15.3. The first kappa shape index (κ1) is 21.4. The Balaban J connectivity index is 1.94. The number of fused-ring (bicyclic) bond motifs is 1. The highest BCUT2D eigenvalue weighted by Gasteiger charge is 2.21. The summed E-state index contributed by atoms with van der Waals surface area (Å²) in [7, 11) is 0. The molecule has 0 atom stereocenters. The van der Waals surface area contributed by atoms with Crippen molar-refractivity contribution < 1.29 is 29.3 Å². The molecule has 0 aromatic heterocycles. The average Bonchev–Trinajstić information content (AvgIpc) is 2.69. The van der Waals surface area contributed by atoms with Crippen LogP contribution in [-0.4, -0.2) is 41.2 Å². The van der Waals surface area contributed by atoms with Gasteiger partial charge in [0.05, 0.1) is 10.6 Å². The monoisotopic (exact) mass is 447 g/mol. The Hall–Kier alpha value is -3.29. The second-order valence-corrected chi connectivity index (χ2v) is 7.11. The maximum Gasteiger partial charge on any atom is 0.335 e. The number of carbonyl (C=O) groups excluding carboxylic acids is 1. The van der Waals surface area contributed by atoms with E-state index in [1.165, 1.54) is 24.3 Å². The van der Waals surface area contributed by atoms with E-state index in [-0.39, 0.29) is 16.3 Å². The number of nitrogens with zero attached hydrogens (tertiary/aromatic N) is 1. The molecule has 0 aliphatic heterocycles. The highest BCUT2D eigenvalue weighted by atomic mass is 35.5. The molecule has 3 rings (SSSR count). The third-order valence-electron chi connectivity index (χ3n) is 4.19. The quantitative estimate of drug-likeness (QED) is 0.557. The number of carbonyl (C=O) groups is 3. The molecule has 0 heterocycles. The first-order valence-electron chi connectivity index (χ1n) is 8.62. The average molecular weight is 448 g/mol. The summed E-state index contributed by atoms with van der Waals surface area (Å²) >= 11 is 12.3. The molecular weight excluding hydrogens is 433 g/mol. The van der Waals surface area contributed by atoms with Gasteiger partial charge >= 0.3 is 11.9 Å². The van der Waals surface area contributed by atoms with E-state index in [9.17, 15) is 19.5 Å². The summed E-state index contributed by atoms with van der Waals surface area (Å²) < 4.78 is 5.60. The first-order chi connectivity index (χ1) is 14.3. The fourth-order valence-electron chi connectivity index (χ4n) is 2.91. The van der Waals surface area contributed by atoms with Crippen LogP contribution < -0.4 is 9.64 Å². The van der Waals surface area contributed by atoms with E-state index in [0.717, 1.165) is 4.90 Å². The molecule has 0 radical (unpaired) electrons. The second-order valence-electron chi connectivity index (χ2n) is 6.26. The van der Waals surface area contributed by atoms with E-state index in [4.69, 9.17) is 33.0 Å². The van der Waals surface area contributed by atoms with Gasteiger partial charge in [-0.3, -0.25) is 14.5 Å². The summed E-state index contributed by atoms with van der Waals surface area (Å²) in [6.45, 7) is -1.09. The number of benzene rings is 3. The molecule has 1 amide bonds. The van der Waals surface area contributed by atoms with Gasteiger partial charge in [-0.2, -0.15) is 0 Å². The molecule has 0 unspecified atom stereocenters. The van der Waals surface area contributed by atoms with Gasteiger partial charge in [0.25, 0.3) is 5.91 Å². The number of hydrogen-bond acceptors (Lipinski definition) is 4. The van der Waals surface area contributed by atoms with E-state index in [1.807, 2.05) is 0 Å². The van der Waals surface area contributed by atoms with E-state index in [1.54, 1.807) is 30.3 Å². The Morgan fingerprint density at radius 1 is 0.967 bits per heavy atom. The van der Waals surface area contributed by atoms with Crippen molar-refractivity contribution in [2.45, 2.75) is 0 Å². The molecule has 154 valence electrons. The van der Waals surface area contributed by atoms with E-state index >= 15 is 0 Å². The van der Waals surface area contributed by atoms with Crippen LogP contribution in [-0.2, 0) is 9.59 Å². The fourth-order valence-corrected chi connectivity index (χ4v) is 3.51. The highest BCUT2D eigenvalue weighted by Crippen LogP contribution is 2.36. The number of rotatable bonds is 7. The zero-order chi connectivity index (χ0) is 21.8. The van der Waals surface area contributed by atoms with Crippen LogP contribution in [0.25, 0.3) is 10.8 Å². The van der Waals surface area contributed by atoms with Crippen molar-refractivity contribution in [1.29, 1.82) is 0 Å². The second kappa shape index (κ2) is 9.02. The summed E-state index contributed by atoms with van der Waals surface area (Å²) in [5.74, 6) is -2.94. The molecule has 0 saturated carbocycles. The Kier molecular flexibility index (Phi) is 6.44. The minimum Gasteiger partial charge on any atom is -0.483 e. The highest BCUT2D eigenvalue weighted by molar-refractivity contribution is 6.39. The van der Waals surface area contributed by atoms with Gasteiger partial charge in [-0.05, 0) is 41.8 Å². The minimum absolute atomic E-state index is 0.0725. The van der Waals surface area contributed by atoms with Crippen LogP contribution in [0, 0.1) is 0 Å². The molecule has 0 fully saturated rings. The fraction of sp³-hybridized carbons (Fsp3) is 0.0952. The van der Waals surface area contributed by atoms with Crippen molar-refractivity contribution >= 4 is 57.5 Å². The molecule has 0 aliphatic carbocycles. The van der Waals surface area contributed by atoms with E-state index in [2.05, 4.69) is 0 Å². The first-order valence-corrected chi connectivity index (χ1v) is 9.38. The molecule has 30 heavy (non-hydrogen) atoms. The lowest BCUT2D eigenvalue weighted by Crippen LogP contribution is -2.38. The van der Waals surface area contributed by atoms with Crippen molar-refractivity contribution in [2.24, 2.45) is 0 Å². The minimum atomic E-state index is -1.19. The zero-order valence-corrected chi connectivity index (χ0v) is 16.9. The molecule has 2 N–H and O–H groups in total. The lowest BCUT2D eigenvalue weighted by Gasteiger charge is -2.21. The third-order valence-corrected chi connectivity index (χ3v) is 4.71. The molecule has 0 bridgehead atoms. The van der Waals surface area contributed by atoms with Crippen molar-refractivity contribution in [3.05, 3.63) is 70.2 Å². The number of amides is 1. The molecule has 0 spiro atoms. The Morgan fingerprint density at radius 3 is 2.30 bits per heavy atom. The summed E-state index contributed by atoms with van der Waals surface area (Å²) in [4.78, 5) is 36.4. The molecule has 0 aliphatic rings. The summed E-state index contributed by atoms with van der Waals surface area (Å²) in [6.07, 6.45) is 0. The van der Waals surface area contributed by atoms with Gasteiger partial charge in [-0.15, -0.1) is 0 Å². The number of aliphatic carboxylic acids is 1. The maximum atomic E-state index is 12.7.